The molecule has 0 aliphatic heterocycles. The molecule has 0 unspecified atom stereocenters. The zero-order valence-corrected chi connectivity index (χ0v) is 17.1. The van der Waals surface area contributed by atoms with Crippen LogP contribution in [0.15, 0.2) is 67.4 Å². The van der Waals surface area contributed by atoms with Crippen molar-refractivity contribution in [3.05, 3.63) is 72.9 Å². The predicted octanol–water partition coefficient (Wildman–Crippen LogP) is 3.21. The minimum absolute atomic E-state index is 0.640. The Morgan fingerprint density at radius 1 is 1.00 bits per heavy atom. The Balaban J connectivity index is 1.32. The van der Waals surface area contributed by atoms with Crippen LogP contribution in [0.4, 0.5) is 5.82 Å². The highest BCUT2D eigenvalue weighted by Gasteiger charge is 2.09. The lowest BCUT2D eigenvalue weighted by atomic mass is 10.1. The lowest BCUT2D eigenvalue weighted by Gasteiger charge is -2.08. The number of aryl methyl sites for hydroxylation is 1. The third kappa shape index (κ3) is 3.80. The maximum atomic E-state index is 5.27. The third-order valence-corrected chi connectivity index (χ3v) is 4.98. The first-order valence-corrected chi connectivity index (χ1v) is 9.72. The number of hydrogen-bond donors (Lipinski definition) is 1. The fraction of sp³-hybridized carbons (Fsp3) is 0.136. The van der Waals surface area contributed by atoms with Crippen LogP contribution < -0.4 is 10.1 Å². The van der Waals surface area contributed by atoms with Crippen LogP contribution in [0.5, 0.6) is 5.75 Å². The fourth-order valence-corrected chi connectivity index (χ4v) is 3.34. The smallest absolute Gasteiger partial charge is 0.140 e. The molecule has 31 heavy (non-hydrogen) atoms. The van der Waals surface area contributed by atoms with E-state index in [-0.39, 0.29) is 0 Å². The highest BCUT2D eigenvalue weighted by Crippen LogP contribution is 2.23. The molecular formula is C22H20N8O. The molecule has 154 valence electrons. The molecule has 0 bridgehead atoms. The summed E-state index contributed by atoms with van der Waals surface area (Å²) in [5.74, 6) is 1.51. The summed E-state index contributed by atoms with van der Waals surface area (Å²) in [6.07, 6.45) is 7.17. The third-order valence-electron chi connectivity index (χ3n) is 4.98. The van der Waals surface area contributed by atoms with E-state index >= 15 is 0 Å². The summed E-state index contributed by atoms with van der Waals surface area (Å²) in [5.41, 5.74) is 5.49. The SMILES string of the molecule is COc1ccn2c(-c3cc(NCc4ccc(-c5cn(C)nn5)cc4)ncn3)cnc2c1. The molecule has 0 aliphatic carbocycles. The van der Waals surface area contributed by atoms with Gasteiger partial charge in [-0.3, -0.25) is 9.08 Å². The van der Waals surface area contributed by atoms with Gasteiger partial charge in [-0.15, -0.1) is 5.10 Å². The quantitative estimate of drug-likeness (QED) is 0.458. The van der Waals surface area contributed by atoms with Crippen LogP contribution in [-0.4, -0.2) is 41.5 Å². The van der Waals surface area contributed by atoms with Gasteiger partial charge in [0, 0.05) is 37.5 Å². The van der Waals surface area contributed by atoms with E-state index in [0.29, 0.717) is 6.54 Å². The number of hydrogen-bond acceptors (Lipinski definition) is 7. The molecule has 5 rings (SSSR count). The molecule has 0 fully saturated rings. The molecule has 1 N–H and O–H groups in total. The van der Waals surface area contributed by atoms with Crippen molar-refractivity contribution in [1.29, 1.82) is 0 Å². The van der Waals surface area contributed by atoms with Crippen LogP contribution in [0.25, 0.3) is 28.3 Å². The number of fused-ring (bicyclic) bond motifs is 1. The number of nitrogens with one attached hydrogen (secondary N) is 1. The molecule has 0 spiro atoms. The maximum Gasteiger partial charge on any atom is 0.140 e. The minimum Gasteiger partial charge on any atom is -0.497 e. The average molecular weight is 412 g/mol. The molecule has 1 aromatic carbocycles. The van der Waals surface area contributed by atoms with Gasteiger partial charge in [0.1, 0.15) is 29.2 Å². The number of pyridine rings is 1. The molecule has 4 aromatic heterocycles. The summed E-state index contributed by atoms with van der Waals surface area (Å²) < 4.78 is 8.93. The van der Waals surface area contributed by atoms with Crippen LogP contribution in [0.2, 0.25) is 0 Å². The van der Waals surface area contributed by atoms with Gasteiger partial charge in [0.2, 0.25) is 0 Å². The summed E-state index contributed by atoms with van der Waals surface area (Å²) in [4.78, 5) is 13.2. The molecule has 0 radical (unpaired) electrons. The molecule has 9 heteroatoms. The van der Waals surface area contributed by atoms with Gasteiger partial charge in [0.25, 0.3) is 0 Å². The number of aromatic nitrogens is 7. The number of ether oxygens (including phenoxy) is 1. The lowest BCUT2D eigenvalue weighted by Crippen LogP contribution is -2.02. The predicted molar refractivity (Wildman–Crippen MR) is 117 cm³/mol. The van der Waals surface area contributed by atoms with E-state index < -0.39 is 0 Å². The highest BCUT2D eigenvalue weighted by atomic mass is 16.5. The summed E-state index contributed by atoms with van der Waals surface area (Å²) in [5, 5.41) is 11.5. The Kier molecular flexibility index (Phi) is 4.75. The van der Waals surface area contributed by atoms with E-state index in [4.69, 9.17) is 4.74 Å². The van der Waals surface area contributed by atoms with E-state index in [0.717, 1.165) is 45.4 Å². The largest absolute Gasteiger partial charge is 0.497 e. The second-order valence-corrected chi connectivity index (χ2v) is 7.05. The van der Waals surface area contributed by atoms with Gasteiger partial charge >= 0.3 is 0 Å². The number of nitrogens with zero attached hydrogens (tertiary/aromatic N) is 7. The van der Waals surface area contributed by atoms with Crippen molar-refractivity contribution >= 4 is 11.5 Å². The molecule has 0 amide bonds. The van der Waals surface area contributed by atoms with Crippen LogP contribution in [0.1, 0.15) is 5.56 Å². The molecule has 0 saturated heterocycles. The van der Waals surface area contributed by atoms with E-state index in [1.54, 1.807) is 24.3 Å². The lowest BCUT2D eigenvalue weighted by molar-refractivity contribution is 0.414. The normalized spacial score (nSPS) is 11.0. The van der Waals surface area contributed by atoms with Crippen molar-refractivity contribution in [1.82, 2.24) is 34.3 Å². The van der Waals surface area contributed by atoms with Crippen molar-refractivity contribution in [2.45, 2.75) is 6.54 Å². The fourth-order valence-electron chi connectivity index (χ4n) is 3.34. The summed E-state index contributed by atoms with van der Waals surface area (Å²) in [6.45, 7) is 0.640. The van der Waals surface area contributed by atoms with Crippen LogP contribution >= 0.6 is 0 Å². The maximum absolute atomic E-state index is 5.27. The first-order chi connectivity index (χ1) is 15.2. The van der Waals surface area contributed by atoms with Gasteiger partial charge in [-0.1, -0.05) is 29.5 Å². The number of methoxy groups -OCH3 is 1. The van der Waals surface area contributed by atoms with E-state index in [1.165, 1.54) is 0 Å². The van der Waals surface area contributed by atoms with E-state index in [9.17, 15) is 0 Å². The Hall–Kier alpha value is -4.27. The average Bonchev–Trinajstić information content (AvgIpc) is 3.44. The van der Waals surface area contributed by atoms with Crippen molar-refractivity contribution < 1.29 is 4.74 Å². The Labute approximate surface area is 178 Å². The minimum atomic E-state index is 0.640. The van der Waals surface area contributed by atoms with Crippen molar-refractivity contribution in [2.24, 2.45) is 7.05 Å². The molecule has 5 aromatic rings. The van der Waals surface area contributed by atoms with Gasteiger partial charge < -0.3 is 10.1 Å². The highest BCUT2D eigenvalue weighted by molar-refractivity contribution is 5.63. The molecular weight excluding hydrogens is 392 g/mol. The van der Waals surface area contributed by atoms with Crippen LogP contribution in [-0.2, 0) is 13.6 Å². The van der Waals surface area contributed by atoms with Gasteiger partial charge in [0.15, 0.2) is 0 Å². The van der Waals surface area contributed by atoms with Crippen LogP contribution in [0.3, 0.4) is 0 Å². The monoisotopic (exact) mass is 412 g/mol. The number of anilines is 1. The Morgan fingerprint density at radius 2 is 1.87 bits per heavy atom. The number of benzene rings is 1. The zero-order valence-electron chi connectivity index (χ0n) is 17.1. The molecule has 0 aliphatic rings. The molecule has 0 atom stereocenters. The molecule has 9 nitrogen and oxygen atoms in total. The Morgan fingerprint density at radius 3 is 2.65 bits per heavy atom. The standard InChI is InChI=1S/C22H20N8O/c1-29-13-19(27-28-29)16-5-3-15(4-6-16)11-23-21-10-18(25-14-26-21)20-12-24-22-9-17(31-2)7-8-30(20)22/h3-10,12-14H,11H2,1-2H3,(H,23,25,26). The van der Waals surface area contributed by atoms with Gasteiger partial charge in [0.05, 0.1) is 30.9 Å². The number of imidazole rings is 1. The molecule has 0 saturated carbocycles. The molecule has 4 heterocycles. The summed E-state index contributed by atoms with van der Waals surface area (Å²) in [6, 6.07) is 13.9. The van der Waals surface area contributed by atoms with Gasteiger partial charge in [-0.25, -0.2) is 15.0 Å². The van der Waals surface area contributed by atoms with E-state index in [1.807, 2.05) is 54.2 Å². The van der Waals surface area contributed by atoms with Gasteiger partial charge in [-0.05, 0) is 11.6 Å². The summed E-state index contributed by atoms with van der Waals surface area (Å²) >= 11 is 0. The second-order valence-electron chi connectivity index (χ2n) is 7.05. The van der Waals surface area contributed by atoms with Crippen molar-refractivity contribution in [3.8, 4) is 28.4 Å². The topological polar surface area (TPSA) is 95.1 Å². The first kappa shape index (κ1) is 18.7. The van der Waals surface area contributed by atoms with Crippen molar-refractivity contribution in [3.63, 3.8) is 0 Å². The van der Waals surface area contributed by atoms with E-state index in [2.05, 4.69) is 42.7 Å². The zero-order chi connectivity index (χ0) is 21.2. The second kappa shape index (κ2) is 7.86. The first-order valence-electron chi connectivity index (χ1n) is 9.72. The summed E-state index contributed by atoms with van der Waals surface area (Å²) in [7, 11) is 3.50. The van der Waals surface area contributed by atoms with Crippen LogP contribution in [0, 0.1) is 0 Å². The van der Waals surface area contributed by atoms with Gasteiger partial charge in [-0.2, -0.15) is 0 Å². The Bertz CT molecular complexity index is 1340. The van der Waals surface area contributed by atoms with Crippen molar-refractivity contribution in [2.75, 3.05) is 12.4 Å². The number of rotatable bonds is 6.